The van der Waals surface area contributed by atoms with Gasteiger partial charge in [-0.3, -0.25) is 20.2 Å². The molecule has 24 heavy (non-hydrogen) atoms. The van der Waals surface area contributed by atoms with Crippen LogP contribution in [0.3, 0.4) is 0 Å². The fraction of sp³-hybridized carbons (Fsp3) is 0.133. The summed E-state index contributed by atoms with van der Waals surface area (Å²) >= 11 is 1.33. The van der Waals surface area contributed by atoms with Crippen molar-refractivity contribution in [2.24, 2.45) is 7.05 Å². The second kappa shape index (κ2) is 6.20. The first-order valence-electron chi connectivity index (χ1n) is 6.96. The van der Waals surface area contributed by atoms with Crippen LogP contribution in [0.1, 0.15) is 16.1 Å². The minimum Gasteiger partial charge on any atom is -0.333 e. The summed E-state index contributed by atoms with van der Waals surface area (Å²) in [5, 5.41) is 13.8. The van der Waals surface area contributed by atoms with E-state index in [9.17, 15) is 14.9 Å². The van der Waals surface area contributed by atoms with E-state index >= 15 is 0 Å². The molecule has 0 aliphatic heterocycles. The molecule has 3 aromatic rings. The maximum Gasteiger partial charge on any atom is 0.269 e. The number of nitro benzene ring substituents is 1. The number of nitro groups is 1. The second-order valence-corrected chi connectivity index (χ2v) is 6.05. The highest BCUT2D eigenvalue weighted by molar-refractivity contribution is 7.19. The first-order chi connectivity index (χ1) is 11.5. The molecule has 122 valence electrons. The van der Waals surface area contributed by atoms with Gasteiger partial charge < -0.3 is 4.57 Å². The summed E-state index contributed by atoms with van der Waals surface area (Å²) in [6.07, 6.45) is 3.53. The predicted molar refractivity (Wildman–Crippen MR) is 90.1 cm³/mol. The molecule has 0 radical (unpaired) electrons. The van der Waals surface area contributed by atoms with Gasteiger partial charge in [0.25, 0.3) is 11.6 Å². The summed E-state index contributed by atoms with van der Waals surface area (Å²) in [6, 6.07) is 5.41. The normalized spacial score (nSPS) is 10.6. The Balaban J connectivity index is 1.80. The molecule has 9 heteroatoms. The van der Waals surface area contributed by atoms with Gasteiger partial charge in [0.15, 0.2) is 11.0 Å². The molecule has 1 N–H and O–H groups in total. The number of aryl methyl sites for hydroxylation is 2. The third-order valence-electron chi connectivity index (χ3n) is 3.38. The minimum atomic E-state index is -0.509. The van der Waals surface area contributed by atoms with E-state index in [2.05, 4.69) is 15.3 Å². The average Bonchev–Trinajstić information content (AvgIpc) is 3.12. The van der Waals surface area contributed by atoms with E-state index in [1.165, 1.54) is 35.6 Å². The summed E-state index contributed by atoms with van der Waals surface area (Å²) in [6.45, 7) is 1.85. The van der Waals surface area contributed by atoms with Crippen molar-refractivity contribution < 1.29 is 9.72 Å². The first-order valence-corrected chi connectivity index (χ1v) is 7.78. The van der Waals surface area contributed by atoms with E-state index in [0.717, 1.165) is 16.4 Å². The number of benzene rings is 1. The van der Waals surface area contributed by atoms with Crippen molar-refractivity contribution in [3.05, 3.63) is 58.0 Å². The smallest absolute Gasteiger partial charge is 0.269 e. The topological polar surface area (TPSA) is 103 Å². The van der Waals surface area contributed by atoms with Crippen LogP contribution in [0.5, 0.6) is 0 Å². The van der Waals surface area contributed by atoms with E-state index in [1.807, 2.05) is 24.7 Å². The van der Waals surface area contributed by atoms with Gasteiger partial charge in [0.2, 0.25) is 0 Å². The Morgan fingerprint density at radius 3 is 2.62 bits per heavy atom. The molecule has 0 bridgehead atoms. The Bertz CT molecular complexity index is 914. The molecule has 0 spiro atoms. The molecule has 1 aromatic carbocycles. The fourth-order valence-corrected chi connectivity index (χ4v) is 3.15. The molecule has 0 fully saturated rings. The van der Waals surface area contributed by atoms with Crippen molar-refractivity contribution in [2.75, 3.05) is 5.32 Å². The largest absolute Gasteiger partial charge is 0.333 e. The van der Waals surface area contributed by atoms with Gasteiger partial charge in [-0.05, 0) is 19.1 Å². The monoisotopic (exact) mass is 343 g/mol. The van der Waals surface area contributed by atoms with Crippen molar-refractivity contribution in [3.63, 3.8) is 0 Å². The highest BCUT2D eigenvalue weighted by Gasteiger charge is 2.16. The van der Waals surface area contributed by atoms with Crippen LogP contribution < -0.4 is 5.32 Å². The van der Waals surface area contributed by atoms with Gasteiger partial charge >= 0.3 is 0 Å². The Kier molecular flexibility index (Phi) is 4.09. The van der Waals surface area contributed by atoms with Gasteiger partial charge in [0, 0.05) is 37.1 Å². The number of nitrogens with zero attached hydrogens (tertiary/aromatic N) is 4. The Morgan fingerprint density at radius 2 is 2.04 bits per heavy atom. The SMILES string of the molecule is Cc1nc(NC(=O)c2ccc([N+](=O)[O-])cc2)sc1-c1nccn1C. The third-order valence-corrected chi connectivity index (χ3v) is 4.45. The van der Waals surface area contributed by atoms with Crippen LogP contribution in [0.4, 0.5) is 10.8 Å². The van der Waals surface area contributed by atoms with Crippen molar-refractivity contribution in [1.82, 2.24) is 14.5 Å². The van der Waals surface area contributed by atoms with Gasteiger partial charge in [0.1, 0.15) is 0 Å². The van der Waals surface area contributed by atoms with Gasteiger partial charge in [-0.25, -0.2) is 9.97 Å². The molecular weight excluding hydrogens is 330 g/mol. The number of amides is 1. The summed E-state index contributed by atoms with van der Waals surface area (Å²) in [5.41, 5.74) is 1.04. The predicted octanol–water partition coefficient (Wildman–Crippen LogP) is 3.01. The number of nitrogens with one attached hydrogen (secondary N) is 1. The van der Waals surface area contributed by atoms with Crippen molar-refractivity contribution in [3.8, 4) is 10.7 Å². The quantitative estimate of drug-likeness (QED) is 0.579. The van der Waals surface area contributed by atoms with E-state index < -0.39 is 4.92 Å². The van der Waals surface area contributed by atoms with Gasteiger partial charge in [-0.2, -0.15) is 0 Å². The molecule has 0 aliphatic carbocycles. The van der Waals surface area contributed by atoms with Crippen LogP contribution in [-0.2, 0) is 7.05 Å². The molecule has 2 heterocycles. The fourth-order valence-electron chi connectivity index (χ4n) is 2.15. The summed E-state index contributed by atoms with van der Waals surface area (Å²) in [7, 11) is 1.89. The number of carbonyl (C=O) groups excluding carboxylic acids is 1. The minimum absolute atomic E-state index is 0.0614. The molecule has 0 aliphatic rings. The number of carbonyl (C=O) groups is 1. The van der Waals surface area contributed by atoms with Gasteiger partial charge in [-0.15, -0.1) is 0 Å². The number of rotatable bonds is 4. The lowest BCUT2D eigenvalue weighted by Crippen LogP contribution is -2.11. The highest BCUT2D eigenvalue weighted by Crippen LogP contribution is 2.31. The molecule has 8 nitrogen and oxygen atoms in total. The molecular formula is C15H13N5O3S. The lowest BCUT2D eigenvalue weighted by atomic mass is 10.2. The Labute approximate surface area is 141 Å². The number of aromatic nitrogens is 3. The lowest BCUT2D eigenvalue weighted by molar-refractivity contribution is -0.384. The van der Waals surface area contributed by atoms with Crippen molar-refractivity contribution >= 4 is 28.1 Å². The zero-order valence-electron chi connectivity index (χ0n) is 12.9. The number of hydrogen-bond donors (Lipinski definition) is 1. The number of hydrogen-bond acceptors (Lipinski definition) is 6. The zero-order valence-corrected chi connectivity index (χ0v) is 13.7. The molecule has 1 amide bonds. The molecule has 0 saturated heterocycles. The summed E-state index contributed by atoms with van der Waals surface area (Å²) < 4.78 is 1.88. The zero-order chi connectivity index (χ0) is 17.3. The molecule has 0 unspecified atom stereocenters. The van der Waals surface area contributed by atoms with Crippen LogP contribution in [0, 0.1) is 17.0 Å². The van der Waals surface area contributed by atoms with Gasteiger partial charge in [-0.1, -0.05) is 11.3 Å². The van der Waals surface area contributed by atoms with Crippen LogP contribution >= 0.6 is 11.3 Å². The van der Waals surface area contributed by atoms with Crippen LogP contribution in [0.2, 0.25) is 0 Å². The van der Waals surface area contributed by atoms with E-state index in [-0.39, 0.29) is 11.6 Å². The second-order valence-electron chi connectivity index (χ2n) is 5.05. The molecule has 3 rings (SSSR count). The molecule has 2 aromatic heterocycles. The van der Waals surface area contributed by atoms with Crippen molar-refractivity contribution in [2.45, 2.75) is 6.92 Å². The summed E-state index contributed by atoms with van der Waals surface area (Å²) in [5.74, 6) is 0.408. The highest BCUT2D eigenvalue weighted by atomic mass is 32.1. The number of thiazole rings is 1. The van der Waals surface area contributed by atoms with E-state index in [1.54, 1.807) is 6.20 Å². The van der Waals surface area contributed by atoms with Crippen LogP contribution in [0.25, 0.3) is 10.7 Å². The van der Waals surface area contributed by atoms with Gasteiger partial charge in [0.05, 0.1) is 15.5 Å². The Morgan fingerprint density at radius 1 is 1.33 bits per heavy atom. The molecule has 0 saturated carbocycles. The van der Waals surface area contributed by atoms with Crippen LogP contribution in [-0.4, -0.2) is 25.4 Å². The number of non-ortho nitro benzene ring substituents is 1. The Hall–Kier alpha value is -3.07. The maximum absolute atomic E-state index is 12.2. The maximum atomic E-state index is 12.2. The van der Waals surface area contributed by atoms with Crippen molar-refractivity contribution in [1.29, 1.82) is 0 Å². The lowest BCUT2D eigenvalue weighted by Gasteiger charge is -2.01. The van der Waals surface area contributed by atoms with E-state index in [4.69, 9.17) is 0 Å². The third kappa shape index (κ3) is 3.01. The number of imidazole rings is 1. The van der Waals surface area contributed by atoms with Crippen LogP contribution in [0.15, 0.2) is 36.7 Å². The summed E-state index contributed by atoms with van der Waals surface area (Å²) in [4.78, 5) is 31.9. The molecule has 0 atom stereocenters. The van der Waals surface area contributed by atoms with E-state index in [0.29, 0.717) is 10.7 Å². The average molecular weight is 343 g/mol. The standard InChI is InChI=1S/C15H13N5O3S/c1-9-12(13-16-7-8-19(13)2)24-15(17-9)18-14(21)10-3-5-11(6-4-10)20(22)23/h3-8H,1-2H3,(H,17,18,21). The first kappa shape index (κ1) is 15.8. The number of anilines is 1.